The fourth-order valence-electron chi connectivity index (χ4n) is 3.61. The highest BCUT2D eigenvalue weighted by Crippen LogP contribution is 2.26. The topological polar surface area (TPSA) is 77.3 Å². The van der Waals surface area contributed by atoms with Crippen LogP contribution in [0.5, 0.6) is 0 Å². The number of hydrogen-bond acceptors (Lipinski definition) is 5. The first kappa shape index (κ1) is 18.4. The lowest BCUT2D eigenvalue weighted by Crippen LogP contribution is -2.45. The summed E-state index contributed by atoms with van der Waals surface area (Å²) in [5, 5.41) is 5.17. The monoisotopic (exact) mass is 358 g/mol. The molecule has 7 nitrogen and oxygen atoms in total. The summed E-state index contributed by atoms with van der Waals surface area (Å²) < 4.78 is 6.64. The van der Waals surface area contributed by atoms with Crippen molar-refractivity contribution in [2.75, 3.05) is 13.7 Å². The number of fused-ring (bicyclic) bond motifs is 1. The lowest BCUT2D eigenvalue weighted by atomic mass is 9.97. The minimum atomic E-state index is -0.279. The Morgan fingerprint density at radius 1 is 1.35 bits per heavy atom. The van der Waals surface area contributed by atoms with Crippen molar-refractivity contribution in [3.05, 3.63) is 23.5 Å². The molecule has 7 heteroatoms. The lowest BCUT2D eigenvalue weighted by molar-refractivity contribution is -0.142. The average molecular weight is 358 g/mol. The Morgan fingerprint density at radius 3 is 2.81 bits per heavy atom. The van der Waals surface area contributed by atoms with Crippen molar-refractivity contribution >= 4 is 22.9 Å². The Balaban J connectivity index is 1.99. The second-order valence-corrected chi connectivity index (χ2v) is 7.16. The summed E-state index contributed by atoms with van der Waals surface area (Å²) in [7, 11) is 1.38. The van der Waals surface area contributed by atoms with E-state index in [0.29, 0.717) is 12.1 Å². The molecular weight excluding hydrogens is 332 g/mol. The van der Waals surface area contributed by atoms with E-state index in [1.807, 2.05) is 36.4 Å². The van der Waals surface area contributed by atoms with Crippen LogP contribution in [0.15, 0.2) is 12.3 Å². The summed E-state index contributed by atoms with van der Waals surface area (Å²) in [5.74, 6) is -0.337. The molecule has 1 aliphatic heterocycles. The molecule has 1 aliphatic rings. The third kappa shape index (κ3) is 3.43. The quantitative estimate of drug-likeness (QED) is 0.786. The molecule has 1 fully saturated rings. The molecule has 0 aliphatic carbocycles. The van der Waals surface area contributed by atoms with Crippen molar-refractivity contribution < 1.29 is 14.3 Å². The van der Waals surface area contributed by atoms with Gasteiger partial charge in [0.05, 0.1) is 30.7 Å². The van der Waals surface area contributed by atoms with Gasteiger partial charge in [0.15, 0.2) is 5.65 Å². The molecule has 0 saturated carbocycles. The molecule has 1 amide bonds. The Labute approximate surface area is 153 Å². The Bertz CT molecular complexity index is 828. The first-order chi connectivity index (χ1) is 12.4. The highest BCUT2D eigenvalue weighted by Gasteiger charge is 2.31. The fraction of sp³-hybridized carbons (Fsp3) is 0.579. The van der Waals surface area contributed by atoms with Crippen LogP contribution in [0.4, 0.5) is 0 Å². The minimum absolute atomic E-state index is 0.0580. The number of pyridine rings is 1. The van der Waals surface area contributed by atoms with Gasteiger partial charge >= 0.3 is 5.97 Å². The van der Waals surface area contributed by atoms with Gasteiger partial charge in [-0.3, -0.25) is 9.59 Å². The van der Waals surface area contributed by atoms with Crippen molar-refractivity contribution in [2.24, 2.45) is 0 Å². The summed E-state index contributed by atoms with van der Waals surface area (Å²) in [6, 6.07) is 1.86. The number of likely N-dealkylation sites (tertiary alicyclic amines) is 1. The fourth-order valence-corrected chi connectivity index (χ4v) is 3.61. The van der Waals surface area contributed by atoms with Crippen molar-refractivity contribution in [2.45, 2.75) is 58.5 Å². The van der Waals surface area contributed by atoms with Crippen LogP contribution in [0.25, 0.3) is 11.0 Å². The third-order valence-corrected chi connectivity index (χ3v) is 4.93. The lowest BCUT2D eigenvalue weighted by Gasteiger charge is -2.35. The largest absolute Gasteiger partial charge is 0.469 e. The molecule has 1 saturated heterocycles. The number of rotatable bonds is 4. The van der Waals surface area contributed by atoms with Gasteiger partial charge in [-0.05, 0) is 46.1 Å². The maximum atomic E-state index is 13.3. The summed E-state index contributed by atoms with van der Waals surface area (Å²) in [5.41, 5.74) is 2.12. The summed E-state index contributed by atoms with van der Waals surface area (Å²) >= 11 is 0. The van der Waals surface area contributed by atoms with Gasteiger partial charge in [0.25, 0.3) is 5.91 Å². The van der Waals surface area contributed by atoms with Crippen LogP contribution in [0.3, 0.4) is 0 Å². The number of carbonyl (C=O) groups excluding carboxylic acids is 2. The van der Waals surface area contributed by atoms with Crippen molar-refractivity contribution in [3.63, 3.8) is 0 Å². The zero-order valence-corrected chi connectivity index (χ0v) is 15.9. The first-order valence-corrected chi connectivity index (χ1v) is 9.15. The van der Waals surface area contributed by atoms with E-state index in [0.717, 1.165) is 36.0 Å². The molecule has 140 valence electrons. The highest BCUT2D eigenvalue weighted by atomic mass is 16.5. The Morgan fingerprint density at radius 2 is 2.12 bits per heavy atom. The number of piperidine rings is 1. The smallest absolute Gasteiger partial charge is 0.307 e. The van der Waals surface area contributed by atoms with Gasteiger partial charge in [-0.2, -0.15) is 5.10 Å². The number of aryl methyl sites for hydroxylation is 1. The van der Waals surface area contributed by atoms with E-state index in [1.54, 1.807) is 6.20 Å². The molecule has 3 rings (SSSR count). The van der Waals surface area contributed by atoms with E-state index < -0.39 is 0 Å². The van der Waals surface area contributed by atoms with Gasteiger partial charge in [0.2, 0.25) is 0 Å². The first-order valence-electron chi connectivity index (χ1n) is 9.15. The van der Waals surface area contributed by atoms with Crippen LogP contribution in [0, 0.1) is 6.92 Å². The number of esters is 1. The molecule has 26 heavy (non-hydrogen) atoms. The second kappa shape index (κ2) is 7.43. The number of methoxy groups -OCH3 is 1. The van der Waals surface area contributed by atoms with Crippen molar-refractivity contribution in [1.82, 2.24) is 19.7 Å². The second-order valence-electron chi connectivity index (χ2n) is 7.16. The molecule has 0 N–H and O–H groups in total. The van der Waals surface area contributed by atoms with Crippen molar-refractivity contribution in [3.8, 4) is 0 Å². The van der Waals surface area contributed by atoms with Crippen LogP contribution in [0.1, 0.15) is 61.6 Å². The van der Waals surface area contributed by atoms with Gasteiger partial charge in [-0.15, -0.1) is 0 Å². The Hall–Kier alpha value is -2.44. The zero-order chi connectivity index (χ0) is 18.8. The van der Waals surface area contributed by atoms with E-state index in [1.165, 1.54) is 7.11 Å². The van der Waals surface area contributed by atoms with E-state index >= 15 is 0 Å². The number of amides is 1. The minimum Gasteiger partial charge on any atom is -0.469 e. The van der Waals surface area contributed by atoms with E-state index in [-0.39, 0.29) is 30.4 Å². The SMILES string of the molecule is COC(=O)CC1CCCCN1C(=O)c1cc(C)nc2c1cnn2C(C)C. The molecule has 0 spiro atoms. The maximum absolute atomic E-state index is 13.3. The molecule has 0 radical (unpaired) electrons. The molecule has 2 aromatic heterocycles. The summed E-state index contributed by atoms with van der Waals surface area (Å²) in [6.45, 7) is 6.61. The van der Waals surface area contributed by atoms with Crippen LogP contribution in [0.2, 0.25) is 0 Å². The molecular formula is C19H26N4O3. The van der Waals surface area contributed by atoms with Crippen LogP contribution in [-0.4, -0.2) is 51.2 Å². The van der Waals surface area contributed by atoms with Gasteiger partial charge < -0.3 is 9.64 Å². The maximum Gasteiger partial charge on any atom is 0.307 e. The van der Waals surface area contributed by atoms with E-state index in [9.17, 15) is 9.59 Å². The van der Waals surface area contributed by atoms with Crippen molar-refractivity contribution in [1.29, 1.82) is 0 Å². The third-order valence-electron chi connectivity index (χ3n) is 4.93. The van der Waals surface area contributed by atoms with Gasteiger partial charge in [-0.1, -0.05) is 0 Å². The number of nitrogens with zero attached hydrogens (tertiary/aromatic N) is 4. The normalized spacial score (nSPS) is 17.7. The van der Waals surface area contributed by atoms with Crippen LogP contribution in [-0.2, 0) is 9.53 Å². The van der Waals surface area contributed by atoms with Gasteiger partial charge in [-0.25, -0.2) is 9.67 Å². The zero-order valence-electron chi connectivity index (χ0n) is 15.9. The number of ether oxygens (including phenoxy) is 1. The van der Waals surface area contributed by atoms with Gasteiger partial charge in [0, 0.05) is 24.3 Å². The van der Waals surface area contributed by atoms with Crippen LogP contribution < -0.4 is 0 Å². The Kier molecular flexibility index (Phi) is 5.25. The van der Waals surface area contributed by atoms with Gasteiger partial charge in [0.1, 0.15) is 0 Å². The molecule has 2 aromatic rings. The average Bonchev–Trinajstić information content (AvgIpc) is 3.04. The molecule has 0 bridgehead atoms. The molecule has 3 heterocycles. The van der Waals surface area contributed by atoms with E-state index in [2.05, 4.69) is 10.1 Å². The molecule has 0 aromatic carbocycles. The van der Waals surface area contributed by atoms with Crippen LogP contribution >= 0.6 is 0 Å². The molecule has 1 atom stereocenters. The summed E-state index contributed by atoms with van der Waals surface area (Å²) in [4.78, 5) is 31.5. The predicted octanol–water partition coefficient (Wildman–Crippen LogP) is 2.88. The molecule has 1 unspecified atom stereocenters. The standard InChI is InChI=1S/C19H26N4O3/c1-12(2)23-18-16(11-20-23)15(9-13(3)21-18)19(25)22-8-6-5-7-14(22)10-17(24)26-4/h9,11-12,14H,5-8,10H2,1-4H3. The predicted molar refractivity (Wildman–Crippen MR) is 98.0 cm³/mol. The number of aromatic nitrogens is 3. The highest BCUT2D eigenvalue weighted by molar-refractivity contribution is 6.05. The van der Waals surface area contributed by atoms with E-state index in [4.69, 9.17) is 4.74 Å². The summed E-state index contributed by atoms with van der Waals surface area (Å²) in [6.07, 6.45) is 4.73. The number of hydrogen-bond donors (Lipinski definition) is 0. The number of carbonyl (C=O) groups is 2.